The fraction of sp³-hybridized carbons (Fsp3) is 0.591. The lowest BCUT2D eigenvalue weighted by Crippen LogP contribution is -2.60. The summed E-state index contributed by atoms with van der Waals surface area (Å²) >= 11 is 0. The summed E-state index contributed by atoms with van der Waals surface area (Å²) < 4.78 is 5.50. The molecule has 3 rings (SSSR count). The summed E-state index contributed by atoms with van der Waals surface area (Å²) in [6.07, 6.45) is 4.29. The van der Waals surface area contributed by atoms with Gasteiger partial charge in [0.15, 0.2) is 5.78 Å². The number of ketones is 1. The molecule has 0 radical (unpaired) electrons. The molecule has 146 valence electrons. The first-order valence-corrected chi connectivity index (χ1v) is 9.74. The molecule has 1 aromatic carbocycles. The minimum atomic E-state index is -1.06. The predicted octanol–water partition coefficient (Wildman–Crippen LogP) is 3.64. The minimum Gasteiger partial charge on any atom is -0.381 e. The second-order valence-electron chi connectivity index (χ2n) is 7.36. The Morgan fingerprint density at radius 1 is 1.22 bits per heavy atom. The molecule has 5 nitrogen and oxygen atoms in total. The van der Waals surface area contributed by atoms with E-state index in [1.807, 2.05) is 19.9 Å². The largest absolute Gasteiger partial charge is 0.381 e. The maximum Gasteiger partial charge on any atom is 0.217 e. The standard InChI is InChI=1S/C20H24N2O3.C2H6/c1-13(23)20(22-14(2)24)18-10-15(12-21)4-5-16(18)11-19(20)8-6-17(25-3)7-9-19;1-2/h4-5,10,17H,6-9,11H2,1-3H3,(H,22,24);1-2H3. The number of carbonyl (C=O) groups excluding carboxylic acids is 2. The van der Waals surface area contributed by atoms with Gasteiger partial charge in [0.2, 0.25) is 5.91 Å². The molecule has 1 spiro atoms. The van der Waals surface area contributed by atoms with Crippen molar-refractivity contribution in [3.63, 3.8) is 0 Å². The number of methoxy groups -OCH3 is 1. The Morgan fingerprint density at radius 3 is 2.33 bits per heavy atom. The highest BCUT2D eigenvalue weighted by Gasteiger charge is 2.61. The highest BCUT2D eigenvalue weighted by molar-refractivity contribution is 5.94. The average molecular weight is 370 g/mol. The molecule has 1 saturated carbocycles. The van der Waals surface area contributed by atoms with Crippen molar-refractivity contribution >= 4 is 11.7 Å². The predicted molar refractivity (Wildman–Crippen MR) is 104 cm³/mol. The van der Waals surface area contributed by atoms with Crippen LogP contribution >= 0.6 is 0 Å². The van der Waals surface area contributed by atoms with Crippen molar-refractivity contribution in [3.8, 4) is 6.07 Å². The van der Waals surface area contributed by atoms with Crippen LogP contribution in [0.4, 0.5) is 0 Å². The fourth-order valence-corrected chi connectivity index (χ4v) is 4.98. The lowest BCUT2D eigenvalue weighted by atomic mass is 9.60. The quantitative estimate of drug-likeness (QED) is 0.881. The molecule has 2 aliphatic rings. The van der Waals surface area contributed by atoms with E-state index in [2.05, 4.69) is 11.4 Å². The molecular weight excluding hydrogens is 340 g/mol. The van der Waals surface area contributed by atoms with E-state index in [0.717, 1.165) is 43.2 Å². The van der Waals surface area contributed by atoms with Crippen molar-refractivity contribution in [2.45, 2.75) is 71.4 Å². The zero-order valence-electron chi connectivity index (χ0n) is 17.0. The number of amides is 1. The van der Waals surface area contributed by atoms with E-state index in [4.69, 9.17) is 4.74 Å². The number of carbonyl (C=O) groups is 2. The fourth-order valence-electron chi connectivity index (χ4n) is 4.98. The van der Waals surface area contributed by atoms with Gasteiger partial charge in [-0.05, 0) is 62.3 Å². The van der Waals surface area contributed by atoms with Crippen molar-refractivity contribution in [2.75, 3.05) is 7.11 Å². The molecule has 1 fully saturated rings. The number of nitriles is 1. The van der Waals surface area contributed by atoms with Crippen molar-refractivity contribution < 1.29 is 14.3 Å². The summed E-state index contributed by atoms with van der Waals surface area (Å²) in [5.74, 6) is -0.286. The van der Waals surface area contributed by atoms with Gasteiger partial charge in [0.25, 0.3) is 0 Å². The summed E-state index contributed by atoms with van der Waals surface area (Å²) in [7, 11) is 1.72. The van der Waals surface area contributed by atoms with Crippen LogP contribution in [-0.2, 0) is 26.3 Å². The SMILES string of the molecule is CC.COC1CCC2(CC1)Cc1ccc(C#N)cc1C2(NC(C)=O)C(C)=O. The van der Waals surface area contributed by atoms with E-state index in [1.54, 1.807) is 26.2 Å². The van der Waals surface area contributed by atoms with Crippen molar-refractivity contribution in [3.05, 3.63) is 34.9 Å². The van der Waals surface area contributed by atoms with Crippen molar-refractivity contribution in [1.29, 1.82) is 5.26 Å². The molecular formula is C22H30N2O3. The molecule has 1 amide bonds. The molecule has 0 saturated heterocycles. The van der Waals surface area contributed by atoms with E-state index in [-0.39, 0.29) is 23.2 Å². The smallest absolute Gasteiger partial charge is 0.217 e. The first-order chi connectivity index (χ1) is 12.9. The molecule has 2 aliphatic carbocycles. The number of hydrogen-bond acceptors (Lipinski definition) is 4. The van der Waals surface area contributed by atoms with Gasteiger partial charge in [-0.1, -0.05) is 19.9 Å². The first-order valence-electron chi connectivity index (χ1n) is 9.74. The third-order valence-corrected chi connectivity index (χ3v) is 6.08. The first kappa shape index (κ1) is 21.1. The summed E-state index contributed by atoms with van der Waals surface area (Å²) in [6, 6.07) is 7.66. The van der Waals surface area contributed by atoms with Crippen LogP contribution in [0.15, 0.2) is 18.2 Å². The van der Waals surface area contributed by atoms with E-state index < -0.39 is 5.54 Å². The summed E-state index contributed by atoms with van der Waals surface area (Å²) in [4.78, 5) is 25.0. The highest BCUT2D eigenvalue weighted by atomic mass is 16.5. The van der Waals surface area contributed by atoms with Gasteiger partial charge in [-0.15, -0.1) is 0 Å². The zero-order valence-corrected chi connectivity index (χ0v) is 17.0. The zero-order chi connectivity index (χ0) is 20.2. The molecule has 1 atom stereocenters. The summed E-state index contributed by atoms with van der Waals surface area (Å²) in [5, 5.41) is 12.3. The van der Waals surface area contributed by atoms with E-state index in [9.17, 15) is 14.9 Å². The molecule has 0 aromatic heterocycles. The minimum absolute atomic E-state index is 0.0626. The molecule has 1 N–H and O–H groups in total. The van der Waals surface area contributed by atoms with Crippen LogP contribution < -0.4 is 5.32 Å². The number of hydrogen-bond donors (Lipinski definition) is 1. The van der Waals surface area contributed by atoms with Gasteiger partial charge < -0.3 is 10.1 Å². The molecule has 0 bridgehead atoms. The van der Waals surface area contributed by atoms with E-state index in [0.29, 0.717) is 5.56 Å². The van der Waals surface area contributed by atoms with Gasteiger partial charge in [0.05, 0.1) is 17.7 Å². The second-order valence-corrected chi connectivity index (χ2v) is 7.36. The Bertz CT molecular complexity index is 757. The van der Waals surface area contributed by atoms with Crippen LogP contribution in [0.1, 0.15) is 70.1 Å². The van der Waals surface area contributed by atoms with Gasteiger partial charge in [0, 0.05) is 19.4 Å². The van der Waals surface area contributed by atoms with E-state index >= 15 is 0 Å². The topological polar surface area (TPSA) is 79.2 Å². The average Bonchev–Trinajstić information content (AvgIpc) is 2.93. The maximum atomic E-state index is 13.0. The van der Waals surface area contributed by atoms with Crippen LogP contribution in [0, 0.1) is 16.7 Å². The number of rotatable bonds is 3. The van der Waals surface area contributed by atoms with Gasteiger partial charge in [-0.25, -0.2) is 0 Å². The van der Waals surface area contributed by atoms with Crippen LogP contribution in [0.3, 0.4) is 0 Å². The second kappa shape index (κ2) is 8.22. The summed E-state index contributed by atoms with van der Waals surface area (Å²) in [6.45, 7) is 7.00. The maximum absolute atomic E-state index is 13.0. The number of nitrogens with one attached hydrogen (secondary N) is 1. The Morgan fingerprint density at radius 2 is 1.85 bits per heavy atom. The molecule has 0 aliphatic heterocycles. The number of nitrogens with zero attached hydrogens (tertiary/aromatic N) is 1. The van der Waals surface area contributed by atoms with Crippen LogP contribution in [0.2, 0.25) is 0 Å². The monoisotopic (exact) mass is 370 g/mol. The normalized spacial score (nSPS) is 28.5. The molecule has 5 heteroatoms. The van der Waals surface area contributed by atoms with Crippen LogP contribution in [-0.4, -0.2) is 24.9 Å². The number of ether oxygens (including phenoxy) is 1. The molecule has 1 unspecified atom stereocenters. The number of Topliss-reactive ketones (excluding diaryl/α,β-unsaturated/α-hetero) is 1. The van der Waals surface area contributed by atoms with E-state index in [1.165, 1.54) is 6.92 Å². The highest BCUT2D eigenvalue weighted by Crippen LogP contribution is 2.58. The molecule has 0 heterocycles. The number of benzene rings is 1. The Hall–Kier alpha value is -2.19. The lowest BCUT2D eigenvalue weighted by molar-refractivity contribution is -0.138. The van der Waals surface area contributed by atoms with Gasteiger partial charge in [0.1, 0.15) is 5.54 Å². The summed E-state index contributed by atoms with van der Waals surface area (Å²) in [5.41, 5.74) is 0.955. The molecule has 1 aromatic rings. The Labute approximate surface area is 162 Å². The Kier molecular flexibility index (Phi) is 6.43. The van der Waals surface area contributed by atoms with Gasteiger partial charge >= 0.3 is 0 Å². The van der Waals surface area contributed by atoms with Gasteiger partial charge in [-0.3, -0.25) is 9.59 Å². The van der Waals surface area contributed by atoms with Gasteiger partial charge in [-0.2, -0.15) is 5.26 Å². The Balaban J connectivity index is 0.00000126. The third kappa shape index (κ3) is 3.39. The number of fused-ring (bicyclic) bond motifs is 1. The lowest BCUT2D eigenvalue weighted by Gasteiger charge is -2.49. The van der Waals surface area contributed by atoms with Crippen LogP contribution in [0.25, 0.3) is 0 Å². The molecule has 27 heavy (non-hydrogen) atoms. The van der Waals surface area contributed by atoms with Crippen molar-refractivity contribution in [1.82, 2.24) is 5.32 Å². The van der Waals surface area contributed by atoms with Crippen LogP contribution in [0.5, 0.6) is 0 Å². The van der Waals surface area contributed by atoms with Crippen molar-refractivity contribution in [2.24, 2.45) is 5.41 Å². The third-order valence-electron chi connectivity index (χ3n) is 6.08.